The summed E-state index contributed by atoms with van der Waals surface area (Å²) in [5.41, 5.74) is 0.974. The van der Waals surface area contributed by atoms with Gasteiger partial charge in [-0.05, 0) is 37.5 Å². The number of nitrogens with zero attached hydrogens (tertiary/aromatic N) is 1. The van der Waals surface area contributed by atoms with E-state index in [0.717, 1.165) is 23.3 Å². The van der Waals surface area contributed by atoms with Gasteiger partial charge in [-0.3, -0.25) is 19.3 Å². The van der Waals surface area contributed by atoms with E-state index in [1.54, 1.807) is 19.1 Å². The first-order chi connectivity index (χ1) is 13.8. The molecule has 1 aromatic heterocycles. The fourth-order valence-electron chi connectivity index (χ4n) is 4.19. The molecule has 1 saturated carbocycles. The van der Waals surface area contributed by atoms with E-state index in [-0.39, 0.29) is 30.3 Å². The highest BCUT2D eigenvalue weighted by Crippen LogP contribution is 2.37. The summed E-state index contributed by atoms with van der Waals surface area (Å²) >= 11 is 6.16. The van der Waals surface area contributed by atoms with Crippen LogP contribution < -0.4 is 5.63 Å². The highest BCUT2D eigenvalue weighted by Gasteiger charge is 2.48. The third-order valence-corrected chi connectivity index (χ3v) is 6.12. The number of ether oxygens (including phenoxy) is 1. The molecule has 2 aliphatic rings. The molecule has 2 aromatic rings. The van der Waals surface area contributed by atoms with Gasteiger partial charge in [0.2, 0.25) is 11.8 Å². The number of fused-ring (bicyclic) bond motifs is 2. The largest absolute Gasteiger partial charge is 0.459 e. The fourth-order valence-corrected chi connectivity index (χ4v) is 4.35. The highest BCUT2D eigenvalue weighted by atomic mass is 35.5. The minimum absolute atomic E-state index is 0.191. The van der Waals surface area contributed by atoms with Crippen LogP contribution >= 0.6 is 11.6 Å². The SMILES string of the molecule is Cc1cc2oc(=O)cc(COC(=O)CN3C(=O)[C@@H]4CCCC[C@H]4C3=O)c2cc1Cl. The lowest BCUT2D eigenvalue weighted by Gasteiger charge is -2.19. The van der Waals surface area contributed by atoms with Crippen molar-refractivity contribution in [1.29, 1.82) is 0 Å². The van der Waals surface area contributed by atoms with Gasteiger partial charge >= 0.3 is 11.6 Å². The molecule has 1 aliphatic carbocycles. The number of imide groups is 1. The topological polar surface area (TPSA) is 93.9 Å². The van der Waals surface area contributed by atoms with Crippen LogP contribution in [0.2, 0.25) is 5.02 Å². The first-order valence-electron chi connectivity index (χ1n) is 9.59. The summed E-state index contributed by atoms with van der Waals surface area (Å²) in [5.74, 6) is -1.89. The second-order valence-corrected chi connectivity index (χ2v) is 8.02. The van der Waals surface area contributed by atoms with Crippen LogP contribution in [0.4, 0.5) is 0 Å². The number of carbonyl (C=O) groups is 3. The molecule has 2 atom stereocenters. The summed E-state index contributed by atoms with van der Waals surface area (Å²) < 4.78 is 10.4. The van der Waals surface area contributed by atoms with Crippen LogP contribution in [-0.2, 0) is 25.7 Å². The van der Waals surface area contributed by atoms with Gasteiger partial charge in [0.15, 0.2) is 0 Å². The molecule has 7 nitrogen and oxygen atoms in total. The Morgan fingerprint density at radius 1 is 1.14 bits per heavy atom. The summed E-state index contributed by atoms with van der Waals surface area (Å²) in [5, 5.41) is 1.06. The number of likely N-dealkylation sites (tertiary alicyclic amines) is 1. The number of halogens is 1. The lowest BCUT2D eigenvalue weighted by atomic mass is 9.81. The van der Waals surface area contributed by atoms with Gasteiger partial charge in [-0.15, -0.1) is 0 Å². The minimum atomic E-state index is -0.704. The van der Waals surface area contributed by atoms with Crippen molar-refractivity contribution in [2.45, 2.75) is 39.2 Å². The quantitative estimate of drug-likeness (QED) is 0.431. The van der Waals surface area contributed by atoms with Gasteiger partial charge in [-0.2, -0.15) is 0 Å². The Labute approximate surface area is 171 Å². The monoisotopic (exact) mass is 417 g/mol. The molecule has 0 bridgehead atoms. The van der Waals surface area contributed by atoms with E-state index < -0.39 is 18.1 Å². The van der Waals surface area contributed by atoms with Crippen molar-refractivity contribution in [3.05, 3.63) is 44.8 Å². The number of amides is 2. The van der Waals surface area contributed by atoms with Crippen molar-refractivity contribution in [2.75, 3.05) is 6.54 Å². The van der Waals surface area contributed by atoms with Crippen LogP contribution in [0.1, 0.15) is 36.8 Å². The maximum absolute atomic E-state index is 12.5. The number of carbonyl (C=O) groups excluding carboxylic acids is 3. The van der Waals surface area contributed by atoms with Crippen molar-refractivity contribution in [2.24, 2.45) is 11.8 Å². The van der Waals surface area contributed by atoms with Gasteiger partial charge in [0.05, 0.1) is 11.8 Å². The smallest absolute Gasteiger partial charge is 0.336 e. The van der Waals surface area contributed by atoms with Crippen LogP contribution in [0.15, 0.2) is 27.4 Å². The molecule has 8 heteroatoms. The third-order valence-electron chi connectivity index (χ3n) is 5.72. The number of hydrogen-bond acceptors (Lipinski definition) is 6. The van der Waals surface area contributed by atoms with Gasteiger partial charge in [0.1, 0.15) is 18.7 Å². The second-order valence-electron chi connectivity index (χ2n) is 7.61. The summed E-state index contributed by atoms with van der Waals surface area (Å²) in [6.07, 6.45) is 3.22. The predicted molar refractivity (Wildman–Crippen MR) is 104 cm³/mol. The number of esters is 1. The first kappa shape index (κ1) is 19.6. The number of hydrogen-bond donors (Lipinski definition) is 0. The Kier molecular flexibility index (Phi) is 5.17. The third kappa shape index (κ3) is 3.67. The van der Waals surface area contributed by atoms with E-state index in [9.17, 15) is 19.2 Å². The molecule has 2 heterocycles. The Hall–Kier alpha value is -2.67. The van der Waals surface area contributed by atoms with Gasteiger partial charge < -0.3 is 9.15 Å². The van der Waals surface area contributed by atoms with E-state index in [4.69, 9.17) is 20.8 Å². The van der Waals surface area contributed by atoms with Gasteiger partial charge in [0.25, 0.3) is 0 Å². The number of benzene rings is 1. The van der Waals surface area contributed by atoms with Gasteiger partial charge in [-0.1, -0.05) is 24.4 Å². The van der Waals surface area contributed by atoms with Crippen LogP contribution in [0.25, 0.3) is 11.0 Å². The van der Waals surface area contributed by atoms with Crippen molar-refractivity contribution < 1.29 is 23.5 Å². The zero-order valence-corrected chi connectivity index (χ0v) is 16.7. The molecule has 2 fully saturated rings. The average molecular weight is 418 g/mol. The van der Waals surface area contributed by atoms with Crippen LogP contribution in [0, 0.1) is 18.8 Å². The van der Waals surface area contributed by atoms with E-state index in [1.165, 1.54) is 6.07 Å². The Morgan fingerprint density at radius 3 is 2.45 bits per heavy atom. The standard InChI is InChI=1S/C21H20ClNO6/c1-11-6-17-15(8-16(11)22)12(7-18(24)29-17)10-28-19(25)9-23-20(26)13-4-2-3-5-14(13)21(23)27/h6-8,13-14H,2-5,9-10H2,1H3/t13-,14-/m1/s1. The van der Waals surface area contributed by atoms with E-state index in [2.05, 4.69) is 0 Å². The predicted octanol–water partition coefficient (Wildman–Crippen LogP) is 2.97. The van der Waals surface area contributed by atoms with Gasteiger partial charge in [0, 0.05) is 22.0 Å². The molecule has 0 unspecified atom stereocenters. The zero-order valence-electron chi connectivity index (χ0n) is 15.9. The molecular weight excluding hydrogens is 398 g/mol. The molecule has 4 rings (SSSR count). The van der Waals surface area contributed by atoms with E-state index >= 15 is 0 Å². The normalized spacial score (nSPS) is 21.5. The van der Waals surface area contributed by atoms with E-state index in [0.29, 0.717) is 34.4 Å². The number of rotatable bonds is 4. The second kappa shape index (κ2) is 7.63. The zero-order chi connectivity index (χ0) is 20.7. The molecule has 152 valence electrons. The van der Waals surface area contributed by atoms with Crippen molar-refractivity contribution >= 4 is 40.4 Å². The van der Waals surface area contributed by atoms with Crippen LogP contribution in [0.3, 0.4) is 0 Å². The Balaban J connectivity index is 1.48. The first-order valence-corrected chi connectivity index (χ1v) is 9.96. The molecule has 2 amide bonds. The highest BCUT2D eigenvalue weighted by molar-refractivity contribution is 6.32. The van der Waals surface area contributed by atoms with Crippen LogP contribution in [0.5, 0.6) is 0 Å². The van der Waals surface area contributed by atoms with E-state index in [1.807, 2.05) is 0 Å². The summed E-state index contributed by atoms with van der Waals surface area (Å²) in [4.78, 5) is 50.1. The maximum atomic E-state index is 12.5. The van der Waals surface area contributed by atoms with Crippen molar-refractivity contribution in [1.82, 2.24) is 4.90 Å². The molecule has 0 spiro atoms. The van der Waals surface area contributed by atoms with Crippen molar-refractivity contribution in [3.8, 4) is 0 Å². The summed E-state index contributed by atoms with van der Waals surface area (Å²) in [6, 6.07) is 4.53. The molecule has 1 aliphatic heterocycles. The van der Waals surface area contributed by atoms with Crippen molar-refractivity contribution in [3.63, 3.8) is 0 Å². The minimum Gasteiger partial charge on any atom is -0.459 e. The van der Waals surface area contributed by atoms with Gasteiger partial charge in [-0.25, -0.2) is 4.79 Å². The maximum Gasteiger partial charge on any atom is 0.336 e. The lowest BCUT2D eigenvalue weighted by Crippen LogP contribution is -2.36. The molecule has 0 radical (unpaired) electrons. The Morgan fingerprint density at radius 2 is 1.79 bits per heavy atom. The molecular formula is C21H20ClNO6. The summed E-state index contributed by atoms with van der Waals surface area (Å²) in [7, 11) is 0. The van der Waals surface area contributed by atoms with Crippen LogP contribution in [-0.4, -0.2) is 29.2 Å². The molecule has 1 aromatic carbocycles. The lowest BCUT2D eigenvalue weighted by molar-refractivity contribution is -0.153. The molecule has 29 heavy (non-hydrogen) atoms. The summed E-state index contributed by atoms with van der Waals surface area (Å²) in [6.45, 7) is 1.18. The average Bonchev–Trinajstić information content (AvgIpc) is 2.93. The Bertz CT molecular complexity index is 1050. The molecule has 1 saturated heterocycles. The fraction of sp³-hybridized carbons (Fsp3) is 0.429. The number of aryl methyl sites for hydroxylation is 1. The molecule has 0 N–H and O–H groups in total.